The molecule has 0 bridgehead atoms. The third-order valence-electron chi connectivity index (χ3n) is 3.65. The molecule has 3 aromatic rings. The number of aryl methyl sites for hydroxylation is 1. The summed E-state index contributed by atoms with van der Waals surface area (Å²) in [5, 5.41) is 8.41. The van der Waals surface area contributed by atoms with Gasteiger partial charge < -0.3 is 14.9 Å². The van der Waals surface area contributed by atoms with Crippen molar-refractivity contribution in [2.75, 3.05) is 5.73 Å². The highest BCUT2D eigenvalue weighted by atomic mass is 35.5. The van der Waals surface area contributed by atoms with Gasteiger partial charge in [0.2, 0.25) is 5.89 Å². The van der Waals surface area contributed by atoms with Crippen molar-refractivity contribution < 1.29 is 13.9 Å². The van der Waals surface area contributed by atoms with Crippen LogP contribution in [0.5, 0.6) is 0 Å². The molecule has 6 nitrogen and oxygen atoms in total. The first-order valence-electron chi connectivity index (χ1n) is 7.71. The summed E-state index contributed by atoms with van der Waals surface area (Å²) >= 11 is 11.9. The van der Waals surface area contributed by atoms with Gasteiger partial charge >= 0.3 is 5.97 Å². The number of nitrogens with zero attached hydrogens (tertiary/aromatic N) is 2. The zero-order valence-electron chi connectivity index (χ0n) is 14.0. The van der Waals surface area contributed by atoms with Gasteiger partial charge in [0.25, 0.3) is 5.89 Å². The molecule has 134 valence electrons. The van der Waals surface area contributed by atoms with E-state index in [1.807, 2.05) is 31.2 Å². The van der Waals surface area contributed by atoms with Crippen molar-refractivity contribution in [1.82, 2.24) is 10.2 Å². The number of benzene rings is 2. The lowest BCUT2D eigenvalue weighted by atomic mass is 10.1. The molecule has 0 aliphatic carbocycles. The van der Waals surface area contributed by atoms with E-state index in [4.69, 9.17) is 38.1 Å². The van der Waals surface area contributed by atoms with Gasteiger partial charge in [-0.3, -0.25) is 0 Å². The van der Waals surface area contributed by atoms with Crippen molar-refractivity contribution in [3.8, 4) is 11.5 Å². The normalized spacial score (nSPS) is 12.0. The molecule has 3 rings (SSSR count). The summed E-state index contributed by atoms with van der Waals surface area (Å²) in [5.41, 5.74) is 7.84. The molecule has 0 aliphatic heterocycles. The molecule has 0 radical (unpaired) electrons. The SMILES string of the molecule is Cc1cccc(-c2nnc([C@@H](C)OC(=O)c3cc(Cl)cc(Cl)c3N)o2)c1. The van der Waals surface area contributed by atoms with E-state index in [1.165, 1.54) is 12.1 Å². The first-order chi connectivity index (χ1) is 12.3. The van der Waals surface area contributed by atoms with Crippen LogP contribution in [0.15, 0.2) is 40.8 Å². The van der Waals surface area contributed by atoms with Crippen LogP contribution in [-0.4, -0.2) is 16.2 Å². The Morgan fingerprint density at radius 1 is 1.23 bits per heavy atom. The number of aromatic nitrogens is 2. The molecule has 0 amide bonds. The van der Waals surface area contributed by atoms with Crippen LogP contribution in [-0.2, 0) is 4.74 Å². The van der Waals surface area contributed by atoms with E-state index >= 15 is 0 Å². The lowest BCUT2D eigenvalue weighted by molar-refractivity contribution is 0.0281. The zero-order valence-corrected chi connectivity index (χ0v) is 15.5. The van der Waals surface area contributed by atoms with E-state index in [-0.39, 0.29) is 27.2 Å². The first kappa shape index (κ1) is 18.2. The van der Waals surface area contributed by atoms with Crippen LogP contribution in [0.25, 0.3) is 11.5 Å². The quantitative estimate of drug-likeness (QED) is 0.504. The lowest BCUT2D eigenvalue weighted by Gasteiger charge is -2.12. The van der Waals surface area contributed by atoms with E-state index in [0.29, 0.717) is 5.89 Å². The molecule has 1 atom stereocenters. The number of esters is 1. The maximum Gasteiger partial charge on any atom is 0.341 e. The van der Waals surface area contributed by atoms with Gasteiger partial charge in [0, 0.05) is 10.6 Å². The average Bonchev–Trinajstić information content (AvgIpc) is 3.08. The van der Waals surface area contributed by atoms with E-state index in [0.717, 1.165) is 11.1 Å². The Morgan fingerprint density at radius 2 is 2.00 bits per heavy atom. The third kappa shape index (κ3) is 3.81. The molecule has 0 saturated heterocycles. The van der Waals surface area contributed by atoms with Crippen LogP contribution in [0.2, 0.25) is 10.0 Å². The lowest BCUT2D eigenvalue weighted by Crippen LogP contribution is -2.12. The minimum absolute atomic E-state index is 0.0766. The topological polar surface area (TPSA) is 91.2 Å². The highest BCUT2D eigenvalue weighted by Crippen LogP contribution is 2.30. The molecule has 2 N–H and O–H groups in total. The molecular weight excluding hydrogens is 377 g/mol. The number of nitrogen functional groups attached to an aromatic ring is 1. The number of carbonyl (C=O) groups is 1. The number of carbonyl (C=O) groups excluding carboxylic acids is 1. The number of halogens is 2. The van der Waals surface area contributed by atoms with Gasteiger partial charge in [-0.25, -0.2) is 4.79 Å². The van der Waals surface area contributed by atoms with E-state index in [9.17, 15) is 4.79 Å². The Kier molecular flexibility index (Phi) is 5.15. The van der Waals surface area contributed by atoms with Crippen molar-refractivity contribution >= 4 is 34.9 Å². The maximum absolute atomic E-state index is 12.4. The Labute approximate surface area is 159 Å². The van der Waals surface area contributed by atoms with Gasteiger partial charge in [0.05, 0.1) is 16.3 Å². The van der Waals surface area contributed by atoms with Gasteiger partial charge in [-0.15, -0.1) is 10.2 Å². The summed E-state index contributed by atoms with van der Waals surface area (Å²) in [7, 11) is 0. The highest BCUT2D eigenvalue weighted by Gasteiger charge is 2.22. The van der Waals surface area contributed by atoms with Gasteiger partial charge in [-0.1, -0.05) is 40.9 Å². The number of hydrogen-bond donors (Lipinski definition) is 1. The minimum Gasteiger partial charge on any atom is -0.449 e. The van der Waals surface area contributed by atoms with Gasteiger partial charge in [-0.2, -0.15) is 0 Å². The molecule has 0 aliphatic rings. The summed E-state index contributed by atoms with van der Waals surface area (Å²) in [4.78, 5) is 12.4. The van der Waals surface area contributed by atoms with Gasteiger partial charge in [0.15, 0.2) is 6.10 Å². The van der Waals surface area contributed by atoms with Crippen molar-refractivity contribution in [3.63, 3.8) is 0 Å². The number of rotatable bonds is 4. The number of nitrogens with two attached hydrogens (primary N) is 1. The Bertz CT molecular complexity index is 972. The smallest absolute Gasteiger partial charge is 0.341 e. The minimum atomic E-state index is -0.772. The second-order valence-corrected chi connectivity index (χ2v) is 6.55. The van der Waals surface area contributed by atoms with Gasteiger partial charge in [-0.05, 0) is 38.1 Å². The van der Waals surface area contributed by atoms with Crippen molar-refractivity contribution in [2.24, 2.45) is 0 Å². The Hall–Kier alpha value is -2.57. The molecule has 0 fully saturated rings. The fourth-order valence-electron chi connectivity index (χ4n) is 2.32. The van der Waals surface area contributed by atoms with Crippen LogP contribution < -0.4 is 5.73 Å². The van der Waals surface area contributed by atoms with Crippen molar-refractivity contribution in [2.45, 2.75) is 20.0 Å². The summed E-state index contributed by atoms with van der Waals surface area (Å²) in [6.07, 6.45) is -0.772. The fraction of sp³-hybridized carbons (Fsp3) is 0.167. The van der Waals surface area contributed by atoms with Crippen LogP contribution in [0, 0.1) is 6.92 Å². The summed E-state index contributed by atoms with van der Waals surface area (Å²) in [6.45, 7) is 3.58. The Balaban J connectivity index is 1.79. The van der Waals surface area contributed by atoms with Crippen LogP contribution in [0.1, 0.15) is 34.8 Å². The molecular formula is C18H15Cl2N3O3. The van der Waals surface area contributed by atoms with E-state index in [2.05, 4.69) is 10.2 Å². The van der Waals surface area contributed by atoms with Crippen LogP contribution >= 0.6 is 23.2 Å². The number of hydrogen-bond acceptors (Lipinski definition) is 6. The number of anilines is 1. The van der Waals surface area contributed by atoms with E-state index < -0.39 is 12.1 Å². The van der Waals surface area contributed by atoms with E-state index in [1.54, 1.807) is 6.92 Å². The predicted octanol–water partition coefficient (Wildman–Crippen LogP) is 4.85. The number of ether oxygens (including phenoxy) is 1. The predicted molar refractivity (Wildman–Crippen MR) is 99.2 cm³/mol. The molecule has 0 unspecified atom stereocenters. The second kappa shape index (κ2) is 7.35. The first-order valence-corrected chi connectivity index (χ1v) is 8.46. The second-order valence-electron chi connectivity index (χ2n) is 5.71. The van der Waals surface area contributed by atoms with Crippen molar-refractivity contribution in [3.05, 3.63) is 63.5 Å². The average molecular weight is 392 g/mol. The van der Waals surface area contributed by atoms with Crippen LogP contribution in [0.3, 0.4) is 0 Å². The zero-order chi connectivity index (χ0) is 18.8. The molecule has 2 aromatic carbocycles. The Morgan fingerprint density at radius 3 is 2.73 bits per heavy atom. The third-order valence-corrected chi connectivity index (χ3v) is 4.18. The molecule has 1 aromatic heterocycles. The molecule has 8 heteroatoms. The fourth-order valence-corrected chi connectivity index (χ4v) is 2.82. The standard InChI is InChI=1S/C18H15Cl2N3O3/c1-9-4-3-5-11(6-9)17-23-22-16(26-17)10(2)25-18(24)13-7-12(19)8-14(20)15(13)21/h3-8,10H,21H2,1-2H3/t10-/m1/s1. The molecule has 0 saturated carbocycles. The summed E-state index contributed by atoms with van der Waals surface area (Å²) in [5.74, 6) is -0.173. The summed E-state index contributed by atoms with van der Waals surface area (Å²) < 4.78 is 11.0. The van der Waals surface area contributed by atoms with Gasteiger partial charge in [0.1, 0.15) is 0 Å². The maximum atomic E-state index is 12.4. The largest absolute Gasteiger partial charge is 0.449 e. The van der Waals surface area contributed by atoms with Crippen LogP contribution in [0.4, 0.5) is 5.69 Å². The molecule has 0 spiro atoms. The molecule has 26 heavy (non-hydrogen) atoms. The molecule has 1 heterocycles. The van der Waals surface area contributed by atoms with Crippen molar-refractivity contribution in [1.29, 1.82) is 0 Å². The highest BCUT2D eigenvalue weighted by molar-refractivity contribution is 6.37. The summed E-state index contributed by atoms with van der Waals surface area (Å²) in [6, 6.07) is 10.5. The monoisotopic (exact) mass is 391 g/mol.